The number of halogens is 1. The third-order valence-corrected chi connectivity index (χ3v) is 8.93. The van der Waals surface area contributed by atoms with E-state index in [4.69, 9.17) is 11.6 Å². The van der Waals surface area contributed by atoms with Crippen molar-refractivity contribution >= 4 is 56.6 Å². The maximum absolute atomic E-state index is 12.8. The van der Waals surface area contributed by atoms with Crippen LogP contribution in [0.5, 0.6) is 0 Å². The number of pyridine rings is 1. The predicted octanol–water partition coefficient (Wildman–Crippen LogP) is 5.56. The van der Waals surface area contributed by atoms with Gasteiger partial charge in [-0.25, -0.2) is 8.42 Å². The Morgan fingerprint density at radius 2 is 1.69 bits per heavy atom. The Bertz CT molecular complexity index is 1580. The van der Waals surface area contributed by atoms with E-state index in [0.29, 0.717) is 34.3 Å². The van der Waals surface area contributed by atoms with Gasteiger partial charge >= 0.3 is 0 Å². The minimum absolute atomic E-state index is 0.0560. The van der Waals surface area contributed by atoms with Crippen molar-refractivity contribution in [2.45, 2.75) is 16.8 Å². The molecule has 0 unspecified atom stereocenters. The van der Waals surface area contributed by atoms with E-state index in [1.807, 2.05) is 29.2 Å². The average molecular weight is 579 g/mol. The number of benzene rings is 3. The van der Waals surface area contributed by atoms with E-state index in [2.05, 4.69) is 15.0 Å². The SMILES string of the molecule is O=C(Nc1ccc(S(=O)(=O)Nc2cccnc2)cc1)c1ccc([C@H]2SCC(=O)N2Cc2ccc(Cl)cc2)cc1. The number of hydrogen-bond donors (Lipinski definition) is 2. The van der Waals surface area contributed by atoms with Crippen molar-refractivity contribution in [3.8, 4) is 0 Å². The van der Waals surface area contributed by atoms with Gasteiger partial charge in [0.2, 0.25) is 5.91 Å². The van der Waals surface area contributed by atoms with Gasteiger partial charge in [0.1, 0.15) is 5.37 Å². The van der Waals surface area contributed by atoms with Crippen LogP contribution in [-0.4, -0.2) is 35.9 Å². The maximum atomic E-state index is 12.8. The molecule has 1 atom stereocenters. The zero-order chi connectivity index (χ0) is 27.4. The Morgan fingerprint density at radius 3 is 2.36 bits per heavy atom. The molecule has 0 radical (unpaired) electrons. The van der Waals surface area contributed by atoms with E-state index >= 15 is 0 Å². The molecule has 8 nitrogen and oxygen atoms in total. The fourth-order valence-electron chi connectivity index (χ4n) is 4.04. The summed E-state index contributed by atoms with van der Waals surface area (Å²) in [4.78, 5) is 31.2. The fourth-order valence-corrected chi connectivity index (χ4v) is 6.40. The number of nitrogens with zero attached hydrogens (tertiary/aromatic N) is 2. The van der Waals surface area contributed by atoms with Gasteiger partial charge in [-0.2, -0.15) is 0 Å². The molecule has 1 aliphatic rings. The molecule has 2 heterocycles. The lowest BCUT2D eigenvalue weighted by Crippen LogP contribution is -2.27. The minimum Gasteiger partial charge on any atom is -0.322 e. The molecule has 0 aliphatic carbocycles. The average Bonchev–Trinajstić information content (AvgIpc) is 3.30. The highest BCUT2D eigenvalue weighted by molar-refractivity contribution is 8.00. The van der Waals surface area contributed by atoms with Crippen LogP contribution in [0.3, 0.4) is 0 Å². The monoisotopic (exact) mass is 578 g/mol. The van der Waals surface area contributed by atoms with Crippen LogP contribution in [0.1, 0.15) is 26.9 Å². The van der Waals surface area contributed by atoms with Gasteiger partial charge < -0.3 is 10.2 Å². The standard InChI is InChI=1S/C28H23ClN4O4S2/c29-22-9-3-19(4-10-22)17-33-26(34)18-38-28(33)21-7-5-20(6-8-21)27(35)31-23-11-13-25(14-12-23)39(36,37)32-24-2-1-15-30-16-24/h1-16,28,32H,17-18H2,(H,31,35)/t28-/m1/s1. The molecular formula is C28H23ClN4O4S2. The zero-order valence-electron chi connectivity index (χ0n) is 20.5. The van der Waals surface area contributed by atoms with Crippen molar-refractivity contribution in [1.29, 1.82) is 0 Å². The number of amides is 2. The van der Waals surface area contributed by atoms with Gasteiger partial charge in [0.05, 0.1) is 22.5 Å². The molecule has 0 saturated carbocycles. The number of hydrogen-bond acceptors (Lipinski definition) is 6. The van der Waals surface area contributed by atoms with Crippen LogP contribution < -0.4 is 10.0 Å². The molecule has 2 N–H and O–H groups in total. The van der Waals surface area contributed by atoms with Crippen LogP contribution in [0.15, 0.2) is 102 Å². The molecule has 0 bridgehead atoms. The first-order valence-corrected chi connectivity index (χ1v) is 14.8. The molecule has 1 fully saturated rings. The molecule has 1 aromatic heterocycles. The van der Waals surface area contributed by atoms with E-state index in [1.165, 1.54) is 30.5 Å². The third kappa shape index (κ3) is 6.42. The van der Waals surface area contributed by atoms with E-state index in [0.717, 1.165) is 11.1 Å². The lowest BCUT2D eigenvalue weighted by atomic mass is 10.1. The zero-order valence-corrected chi connectivity index (χ0v) is 22.8. The van der Waals surface area contributed by atoms with Crippen LogP contribution in [0.2, 0.25) is 5.02 Å². The Balaban J connectivity index is 1.23. The van der Waals surface area contributed by atoms with Crippen LogP contribution in [0.4, 0.5) is 11.4 Å². The van der Waals surface area contributed by atoms with Gasteiger partial charge in [0, 0.05) is 29.0 Å². The predicted molar refractivity (Wildman–Crippen MR) is 153 cm³/mol. The number of nitrogens with one attached hydrogen (secondary N) is 2. The highest BCUT2D eigenvalue weighted by atomic mass is 35.5. The van der Waals surface area contributed by atoms with Gasteiger partial charge in [0.25, 0.3) is 15.9 Å². The molecular weight excluding hydrogens is 556 g/mol. The van der Waals surface area contributed by atoms with Crippen molar-refractivity contribution in [3.63, 3.8) is 0 Å². The number of carbonyl (C=O) groups excluding carboxylic acids is 2. The summed E-state index contributed by atoms with van der Waals surface area (Å²) in [5, 5.41) is 3.27. The quantitative estimate of drug-likeness (QED) is 0.283. The van der Waals surface area contributed by atoms with Crippen molar-refractivity contribution < 1.29 is 18.0 Å². The number of sulfonamides is 1. The Kier molecular flexibility index (Phi) is 7.87. The number of aromatic nitrogens is 1. The molecule has 1 saturated heterocycles. The second-order valence-corrected chi connectivity index (χ2v) is 11.9. The fraction of sp³-hybridized carbons (Fsp3) is 0.107. The van der Waals surface area contributed by atoms with Gasteiger partial charge in [-0.1, -0.05) is 35.9 Å². The second kappa shape index (κ2) is 11.5. The second-order valence-electron chi connectivity index (χ2n) is 8.76. The largest absolute Gasteiger partial charge is 0.322 e. The first kappa shape index (κ1) is 26.7. The minimum atomic E-state index is -3.79. The lowest BCUT2D eigenvalue weighted by Gasteiger charge is -2.24. The van der Waals surface area contributed by atoms with Gasteiger partial charge in [0.15, 0.2) is 0 Å². The molecule has 11 heteroatoms. The summed E-state index contributed by atoms with van der Waals surface area (Å²) in [6, 6.07) is 23.7. The van der Waals surface area contributed by atoms with Crippen LogP contribution >= 0.6 is 23.4 Å². The van der Waals surface area contributed by atoms with E-state index in [1.54, 1.807) is 54.4 Å². The molecule has 3 aromatic carbocycles. The summed E-state index contributed by atoms with van der Waals surface area (Å²) in [6.07, 6.45) is 2.97. The molecule has 4 aromatic rings. The number of thioether (sulfide) groups is 1. The Hall–Kier alpha value is -3.86. The Labute approximate surface area is 235 Å². The first-order valence-electron chi connectivity index (χ1n) is 11.9. The smallest absolute Gasteiger partial charge is 0.261 e. The van der Waals surface area contributed by atoms with Gasteiger partial charge in [-0.15, -0.1) is 11.8 Å². The Morgan fingerprint density at radius 1 is 0.974 bits per heavy atom. The molecule has 2 amide bonds. The van der Waals surface area contributed by atoms with Crippen LogP contribution in [-0.2, 0) is 21.4 Å². The highest BCUT2D eigenvalue weighted by Crippen LogP contribution is 2.39. The van der Waals surface area contributed by atoms with E-state index in [-0.39, 0.29) is 22.1 Å². The first-order chi connectivity index (χ1) is 18.8. The highest BCUT2D eigenvalue weighted by Gasteiger charge is 2.32. The number of rotatable bonds is 8. The summed E-state index contributed by atoms with van der Waals surface area (Å²) in [5.41, 5.74) is 3.16. The number of carbonyl (C=O) groups is 2. The summed E-state index contributed by atoms with van der Waals surface area (Å²) < 4.78 is 27.7. The summed E-state index contributed by atoms with van der Waals surface area (Å²) in [7, 11) is -3.79. The molecule has 5 rings (SSSR count). The summed E-state index contributed by atoms with van der Waals surface area (Å²) in [5.74, 6) is 0.117. The topological polar surface area (TPSA) is 108 Å². The molecule has 0 spiro atoms. The van der Waals surface area contributed by atoms with E-state index in [9.17, 15) is 18.0 Å². The van der Waals surface area contributed by atoms with Crippen molar-refractivity contribution in [1.82, 2.24) is 9.88 Å². The molecule has 1 aliphatic heterocycles. The molecule has 198 valence electrons. The van der Waals surface area contributed by atoms with Crippen molar-refractivity contribution in [2.75, 3.05) is 15.8 Å². The maximum Gasteiger partial charge on any atom is 0.261 e. The van der Waals surface area contributed by atoms with E-state index < -0.39 is 10.0 Å². The van der Waals surface area contributed by atoms with Crippen molar-refractivity contribution in [2.24, 2.45) is 0 Å². The normalized spacial score (nSPS) is 15.3. The van der Waals surface area contributed by atoms with Crippen molar-refractivity contribution in [3.05, 3.63) is 119 Å². The third-order valence-electron chi connectivity index (χ3n) is 6.03. The summed E-state index contributed by atoms with van der Waals surface area (Å²) in [6.45, 7) is 0.472. The van der Waals surface area contributed by atoms with Gasteiger partial charge in [-0.3, -0.25) is 19.3 Å². The molecule has 39 heavy (non-hydrogen) atoms. The number of anilines is 2. The lowest BCUT2D eigenvalue weighted by molar-refractivity contribution is -0.128. The van der Waals surface area contributed by atoms with Crippen LogP contribution in [0.25, 0.3) is 0 Å². The van der Waals surface area contributed by atoms with Crippen LogP contribution in [0, 0.1) is 0 Å². The van der Waals surface area contributed by atoms with Gasteiger partial charge in [-0.05, 0) is 71.8 Å². The summed E-state index contributed by atoms with van der Waals surface area (Å²) >= 11 is 7.53.